The minimum atomic E-state index is -2.16. The zero-order valence-corrected chi connectivity index (χ0v) is 34.1. The zero-order chi connectivity index (χ0) is 26.8. The summed E-state index contributed by atoms with van der Waals surface area (Å²) in [6.45, 7) is 24.7. The standard InChI is InChI=1S/C22H62O4Si8/c1-14-32(12,15-2)22-34(25-4,26-5)19-29(24-3)16-27-17-30(8,9)20-31(10,11)21-33(13,23)18-28(6)7/h23,28-29H,14-22,27H2,1-13H3. The van der Waals surface area contributed by atoms with E-state index in [-0.39, 0.29) is 9.52 Å². The first-order valence-electron chi connectivity index (χ1n) is 13.8. The molecule has 0 saturated carbocycles. The zero-order valence-electron chi connectivity index (χ0n) is 25.4. The summed E-state index contributed by atoms with van der Waals surface area (Å²) >= 11 is 0. The van der Waals surface area contributed by atoms with Crippen LogP contribution in [0.15, 0.2) is 0 Å². The van der Waals surface area contributed by atoms with Gasteiger partial charge in [-0.15, -0.1) is 0 Å². The Labute approximate surface area is 224 Å². The molecule has 12 heteroatoms. The molecule has 0 aliphatic heterocycles. The highest BCUT2D eigenvalue weighted by atomic mass is 28.4. The van der Waals surface area contributed by atoms with Crippen molar-refractivity contribution in [1.82, 2.24) is 0 Å². The third-order valence-corrected chi connectivity index (χ3v) is 55.9. The molecule has 0 rings (SSSR count). The van der Waals surface area contributed by atoms with E-state index in [2.05, 4.69) is 66.2 Å². The predicted molar refractivity (Wildman–Crippen MR) is 176 cm³/mol. The number of hydrogen-bond acceptors (Lipinski definition) is 4. The lowest BCUT2D eigenvalue weighted by molar-refractivity contribution is 0.249. The second kappa shape index (κ2) is 15.2. The van der Waals surface area contributed by atoms with Crippen molar-refractivity contribution in [3.8, 4) is 0 Å². The van der Waals surface area contributed by atoms with E-state index in [4.69, 9.17) is 13.3 Å². The Kier molecular flexibility index (Phi) is 15.9. The van der Waals surface area contributed by atoms with Gasteiger partial charge >= 0.3 is 8.56 Å². The van der Waals surface area contributed by atoms with Crippen LogP contribution in [0.2, 0.25) is 104 Å². The highest BCUT2D eigenvalue weighted by Gasteiger charge is 2.45. The van der Waals surface area contributed by atoms with Gasteiger partial charge in [0.25, 0.3) is 0 Å². The molecule has 0 aliphatic carbocycles. The van der Waals surface area contributed by atoms with Gasteiger partial charge in [-0.25, -0.2) is 0 Å². The first kappa shape index (κ1) is 35.6. The highest BCUT2D eigenvalue weighted by molar-refractivity contribution is 7.04. The lowest BCUT2D eigenvalue weighted by atomic mass is 10.9. The van der Waals surface area contributed by atoms with E-state index in [1.165, 1.54) is 46.1 Å². The van der Waals surface area contributed by atoms with Crippen LogP contribution >= 0.6 is 0 Å². The fourth-order valence-corrected chi connectivity index (χ4v) is 65.5. The summed E-state index contributed by atoms with van der Waals surface area (Å²) in [4.78, 5) is 11.2. The molecule has 0 aliphatic rings. The first-order chi connectivity index (χ1) is 15.4. The summed E-state index contributed by atoms with van der Waals surface area (Å²) in [6.07, 6.45) is 0. The van der Waals surface area contributed by atoms with Gasteiger partial charge in [0, 0.05) is 61.5 Å². The van der Waals surface area contributed by atoms with Crippen molar-refractivity contribution in [3.63, 3.8) is 0 Å². The van der Waals surface area contributed by atoms with E-state index < -0.39 is 58.9 Å². The third-order valence-electron chi connectivity index (χ3n) is 8.06. The van der Waals surface area contributed by atoms with Crippen molar-refractivity contribution in [2.75, 3.05) is 21.3 Å². The molecule has 0 amide bonds. The van der Waals surface area contributed by atoms with Crippen LogP contribution in [0.25, 0.3) is 0 Å². The molecule has 4 nitrogen and oxygen atoms in total. The van der Waals surface area contributed by atoms with Gasteiger partial charge in [-0.05, 0) is 29.2 Å². The summed E-state index contributed by atoms with van der Waals surface area (Å²) in [5.41, 5.74) is 9.16. The summed E-state index contributed by atoms with van der Waals surface area (Å²) in [7, 11) is -4.33. The van der Waals surface area contributed by atoms with E-state index in [9.17, 15) is 4.80 Å². The van der Waals surface area contributed by atoms with Gasteiger partial charge < -0.3 is 18.1 Å². The Morgan fingerprint density at radius 1 is 0.765 bits per heavy atom. The van der Waals surface area contributed by atoms with Gasteiger partial charge in [0.05, 0.1) is 8.07 Å². The Morgan fingerprint density at radius 2 is 1.29 bits per heavy atom. The molecule has 0 saturated heterocycles. The van der Waals surface area contributed by atoms with Crippen molar-refractivity contribution in [2.24, 2.45) is 0 Å². The Hall–Kier alpha value is 1.58. The molecule has 0 spiro atoms. The second-order valence-corrected chi connectivity index (χ2v) is 50.1. The molecule has 0 aromatic carbocycles. The van der Waals surface area contributed by atoms with Crippen LogP contribution in [0.4, 0.5) is 0 Å². The van der Waals surface area contributed by atoms with E-state index in [0.29, 0.717) is 0 Å². The molecule has 2 atom stereocenters. The third kappa shape index (κ3) is 13.9. The van der Waals surface area contributed by atoms with Crippen LogP contribution in [0.3, 0.4) is 0 Å². The van der Waals surface area contributed by atoms with E-state index >= 15 is 0 Å². The maximum atomic E-state index is 11.2. The van der Waals surface area contributed by atoms with Crippen molar-refractivity contribution >= 4 is 68.5 Å². The molecule has 0 heterocycles. The average molecular weight is 615 g/mol. The van der Waals surface area contributed by atoms with Crippen LogP contribution in [0.1, 0.15) is 13.8 Å². The van der Waals surface area contributed by atoms with Gasteiger partial charge in [0.15, 0.2) is 17.4 Å². The minimum absolute atomic E-state index is 0.118. The van der Waals surface area contributed by atoms with E-state index in [1.807, 2.05) is 21.3 Å². The summed E-state index contributed by atoms with van der Waals surface area (Å²) in [5.74, 6) is 0. The molecule has 34 heavy (non-hydrogen) atoms. The molecule has 2 unspecified atom stereocenters. The van der Waals surface area contributed by atoms with E-state index in [0.717, 1.165) is 5.67 Å². The largest absolute Gasteiger partial charge is 0.433 e. The van der Waals surface area contributed by atoms with Crippen molar-refractivity contribution in [3.05, 3.63) is 0 Å². The molecular formula is C22H62O4Si8. The molecule has 0 aromatic heterocycles. The molecule has 206 valence electrons. The molecule has 1 N–H and O–H groups in total. The summed E-state index contributed by atoms with van der Waals surface area (Å²) < 4.78 is 18.6. The number of hydrogen-bond donors (Lipinski definition) is 1. The molecule has 0 aromatic rings. The van der Waals surface area contributed by atoms with E-state index in [1.54, 1.807) is 0 Å². The lowest BCUT2D eigenvalue weighted by Gasteiger charge is -2.37. The van der Waals surface area contributed by atoms with Crippen molar-refractivity contribution in [2.45, 2.75) is 118 Å². The lowest BCUT2D eigenvalue weighted by Crippen LogP contribution is -2.52. The molecule has 0 fully saturated rings. The Balaban J connectivity index is 5.04. The maximum Gasteiger partial charge on any atom is 0.334 e. The van der Waals surface area contributed by atoms with Crippen molar-refractivity contribution < 1.29 is 18.1 Å². The predicted octanol–water partition coefficient (Wildman–Crippen LogP) is 5.46. The smallest absolute Gasteiger partial charge is 0.334 e. The topological polar surface area (TPSA) is 47.9 Å². The minimum Gasteiger partial charge on any atom is -0.433 e. The van der Waals surface area contributed by atoms with Crippen LogP contribution in [-0.2, 0) is 13.3 Å². The van der Waals surface area contributed by atoms with Crippen LogP contribution in [0, 0.1) is 0 Å². The van der Waals surface area contributed by atoms with Crippen LogP contribution in [-0.4, -0.2) is 94.6 Å². The van der Waals surface area contributed by atoms with Gasteiger partial charge in [0.2, 0.25) is 0 Å². The van der Waals surface area contributed by atoms with Gasteiger partial charge in [-0.1, -0.05) is 83.1 Å². The number of rotatable bonds is 19. The quantitative estimate of drug-likeness (QED) is 0.196. The summed E-state index contributed by atoms with van der Waals surface area (Å²) in [5, 5.41) is 0. The molecule has 0 radical (unpaired) electrons. The SMILES string of the molecule is CC[Si](C)(CC)C[Si](C[SiH](C[SiH2]C[Si](C)(C)C[Si](C)(C)C[Si](C)(O)C[SiH](C)C)OC)(OC)OC. The van der Waals surface area contributed by atoms with Crippen LogP contribution < -0.4 is 0 Å². The highest BCUT2D eigenvalue weighted by Crippen LogP contribution is 2.33. The second-order valence-electron chi connectivity index (χ2n) is 13.7. The Bertz CT molecular complexity index is 567. The fraction of sp³-hybridized carbons (Fsp3) is 1.00. The molecule has 0 bridgehead atoms. The normalized spacial score (nSPS) is 17.0. The maximum absolute atomic E-state index is 11.2. The van der Waals surface area contributed by atoms with Crippen LogP contribution in [0.5, 0.6) is 0 Å². The fourth-order valence-electron chi connectivity index (χ4n) is 6.50. The summed E-state index contributed by atoms with van der Waals surface area (Å²) in [6, 6.07) is 2.63. The van der Waals surface area contributed by atoms with Gasteiger partial charge in [-0.2, -0.15) is 0 Å². The Morgan fingerprint density at radius 3 is 1.71 bits per heavy atom. The van der Waals surface area contributed by atoms with Gasteiger partial charge in [-0.3, -0.25) is 0 Å². The average Bonchev–Trinajstić information content (AvgIpc) is 2.69. The first-order valence-corrected chi connectivity index (χ1v) is 36.0. The van der Waals surface area contributed by atoms with Crippen molar-refractivity contribution in [1.29, 1.82) is 0 Å². The molecular weight excluding hydrogens is 553 g/mol. The monoisotopic (exact) mass is 614 g/mol. The van der Waals surface area contributed by atoms with Gasteiger partial charge in [0.1, 0.15) is 0 Å².